The Balaban J connectivity index is 1.95. The second-order valence-electron chi connectivity index (χ2n) is 6.59. The Hall–Kier alpha value is -2.93. The van der Waals surface area contributed by atoms with Crippen LogP contribution in [-0.4, -0.2) is 39.3 Å². The molecule has 1 amide bonds. The number of rotatable bonds is 5. The number of hydrogen-bond acceptors (Lipinski definition) is 4. The zero-order valence-electron chi connectivity index (χ0n) is 15.7. The molecule has 27 heavy (non-hydrogen) atoms. The SMILES string of the molecule is Cc1cc(-n2c(C)cc(C(=O)N(C)C(CO)c3cccc(F)c3)c2C)no1. The summed E-state index contributed by atoms with van der Waals surface area (Å²) >= 11 is 0. The van der Waals surface area contributed by atoms with Crippen molar-refractivity contribution in [2.24, 2.45) is 0 Å². The van der Waals surface area contributed by atoms with Gasteiger partial charge in [0.15, 0.2) is 5.82 Å². The van der Waals surface area contributed by atoms with Crippen LogP contribution in [0.4, 0.5) is 4.39 Å². The Labute approximate surface area is 156 Å². The molecule has 1 N–H and O–H groups in total. The Bertz CT molecular complexity index is 977. The molecule has 1 aromatic carbocycles. The number of carbonyl (C=O) groups is 1. The molecule has 0 radical (unpaired) electrons. The zero-order valence-corrected chi connectivity index (χ0v) is 15.7. The third-order valence-electron chi connectivity index (χ3n) is 4.70. The van der Waals surface area contributed by atoms with E-state index in [1.807, 2.05) is 18.4 Å². The fourth-order valence-electron chi connectivity index (χ4n) is 3.29. The molecule has 7 heteroatoms. The van der Waals surface area contributed by atoms with E-state index in [1.165, 1.54) is 17.0 Å². The maximum absolute atomic E-state index is 13.6. The topological polar surface area (TPSA) is 71.5 Å². The summed E-state index contributed by atoms with van der Waals surface area (Å²) in [5, 5.41) is 13.8. The number of aliphatic hydroxyl groups excluding tert-OH is 1. The van der Waals surface area contributed by atoms with Crippen LogP contribution in [0, 0.1) is 26.6 Å². The van der Waals surface area contributed by atoms with Crippen molar-refractivity contribution in [1.82, 2.24) is 14.6 Å². The third kappa shape index (κ3) is 3.50. The first-order valence-corrected chi connectivity index (χ1v) is 8.59. The van der Waals surface area contributed by atoms with Crippen LogP contribution >= 0.6 is 0 Å². The Morgan fingerprint density at radius 1 is 1.30 bits per heavy atom. The van der Waals surface area contributed by atoms with Crippen molar-refractivity contribution in [1.29, 1.82) is 0 Å². The normalized spacial score (nSPS) is 12.2. The van der Waals surface area contributed by atoms with Crippen LogP contribution in [0.2, 0.25) is 0 Å². The van der Waals surface area contributed by atoms with Crippen molar-refractivity contribution in [2.45, 2.75) is 26.8 Å². The molecule has 1 atom stereocenters. The van der Waals surface area contributed by atoms with E-state index >= 15 is 0 Å². The second kappa shape index (κ2) is 7.36. The summed E-state index contributed by atoms with van der Waals surface area (Å²) in [6.45, 7) is 5.19. The molecule has 0 saturated heterocycles. The van der Waals surface area contributed by atoms with Crippen molar-refractivity contribution in [3.05, 3.63) is 70.5 Å². The summed E-state index contributed by atoms with van der Waals surface area (Å²) in [7, 11) is 1.60. The number of likely N-dealkylation sites (N-methyl/N-ethyl adjacent to an activating group) is 1. The molecule has 3 aromatic rings. The predicted molar refractivity (Wildman–Crippen MR) is 98.4 cm³/mol. The molecule has 0 saturated carbocycles. The number of aliphatic hydroxyl groups is 1. The minimum Gasteiger partial charge on any atom is -0.394 e. The molecule has 2 aromatic heterocycles. The highest BCUT2D eigenvalue weighted by Gasteiger charge is 2.26. The van der Waals surface area contributed by atoms with E-state index in [0.717, 1.165) is 5.69 Å². The predicted octanol–water partition coefficient (Wildman–Crippen LogP) is 3.34. The number of hydrogen-bond donors (Lipinski definition) is 1. The van der Waals surface area contributed by atoms with Crippen LogP contribution in [0.25, 0.3) is 5.82 Å². The van der Waals surface area contributed by atoms with Crippen molar-refractivity contribution >= 4 is 5.91 Å². The molecule has 0 spiro atoms. The van der Waals surface area contributed by atoms with Gasteiger partial charge in [0.1, 0.15) is 11.6 Å². The van der Waals surface area contributed by atoms with E-state index < -0.39 is 11.9 Å². The zero-order chi connectivity index (χ0) is 19.7. The number of benzene rings is 1. The van der Waals surface area contributed by atoms with Gasteiger partial charge in [-0.25, -0.2) is 4.39 Å². The van der Waals surface area contributed by atoms with Gasteiger partial charge in [-0.2, -0.15) is 0 Å². The molecule has 142 valence electrons. The lowest BCUT2D eigenvalue weighted by Gasteiger charge is -2.27. The third-order valence-corrected chi connectivity index (χ3v) is 4.70. The van der Waals surface area contributed by atoms with Crippen LogP contribution < -0.4 is 0 Å². The molecule has 0 fully saturated rings. The number of nitrogens with zero attached hydrogens (tertiary/aromatic N) is 3. The number of aryl methyl sites for hydroxylation is 2. The van der Waals surface area contributed by atoms with E-state index in [-0.39, 0.29) is 12.5 Å². The van der Waals surface area contributed by atoms with Gasteiger partial charge in [-0.05, 0) is 44.5 Å². The smallest absolute Gasteiger partial charge is 0.256 e. The standard InChI is InChI=1S/C20H22FN3O3/c1-12-8-17(14(3)24(12)19-9-13(2)27-22-19)20(26)23(4)18(11-25)15-6-5-7-16(21)10-15/h5-10,18,25H,11H2,1-4H3. The lowest BCUT2D eigenvalue weighted by atomic mass is 10.1. The van der Waals surface area contributed by atoms with Crippen LogP contribution in [0.5, 0.6) is 0 Å². The minimum atomic E-state index is -0.648. The largest absolute Gasteiger partial charge is 0.394 e. The molecular weight excluding hydrogens is 349 g/mol. The highest BCUT2D eigenvalue weighted by molar-refractivity contribution is 5.96. The second-order valence-corrected chi connectivity index (χ2v) is 6.59. The molecule has 0 aliphatic carbocycles. The van der Waals surface area contributed by atoms with Gasteiger partial charge in [0, 0.05) is 24.5 Å². The summed E-state index contributed by atoms with van der Waals surface area (Å²) in [6, 6.07) is 8.82. The highest BCUT2D eigenvalue weighted by Crippen LogP contribution is 2.26. The average molecular weight is 371 g/mol. The van der Waals surface area contributed by atoms with Crippen LogP contribution in [0.3, 0.4) is 0 Å². The molecular formula is C20H22FN3O3. The van der Waals surface area contributed by atoms with Gasteiger partial charge < -0.3 is 14.5 Å². The van der Waals surface area contributed by atoms with Crippen LogP contribution in [0.15, 0.2) is 40.9 Å². The Morgan fingerprint density at radius 3 is 2.63 bits per heavy atom. The van der Waals surface area contributed by atoms with E-state index in [2.05, 4.69) is 5.16 Å². The van der Waals surface area contributed by atoms with Gasteiger partial charge in [0.2, 0.25) is 0 Å². The number of amides is 1. The number of aromatic nitrogens is 2. The van der Waals surface area contributed by atoms with Gasteiger partial charge in [-0.3, -0.25) is 9.36 Å². The molecule has 0 aliphatic rings. The Kier molecular flexibility index (Phi) is 5.14. The quantitative estimate of drug-likeness (QED) is 0.747. The first-order valence-electron chi connectivity index (χ1n) is 8.59. The first-order chi connectivity index (χ1) is 12.8. The fraction of sp³-hybridized carbons (Fsp3) is 0.300. The Morgan fingerprint density at radius 2 is 2.04 bits per heavy atom. The van der Waals surface area contributed by atoms with Crippen molar-refractivity contribution < 1.29 is 18.8 Å². The van der Waals surface area contributed by atoms with E-state index in [9.17, 15) is 14.3 Å². The van der Waals surface area contributed by atoms with Crippen molar-refractivity contribution in [3.8, 4) is 5.82 Å². The summed E-state index contributed by atoms with van der Waals surface area (Å²) < 4.78 is 20.5. The molecule has 0 aliphatic heterocycles. The summed E-state index contributed by atoms with van der Waals surface area (Å²) in [6.07, 6.45) is 0. The van der Waals surface area contributed by atoms with Gasteiger partial charge in [0.05, 0.1) is 18.2 Å². The van der Waals surface area contributed by atoms with Crippen LogP contribution in [0.1, 0.15) is 39.1 Å². The summed E-state index contributed by atoms with van der Waals surface area (Å²) in [5.74, 6) is 0.603. The molecule has 2 heterocycles. The van der Waals surface area contributed by atoms with Gasteiger partial charge in [0.25, 0.3) is 5.91 Å². The maximum Gasteiger partial charge on any atom is 0.256 e. The monoisotopic (exact) mass is 371 g/mol. The number of halogens is 1. The maximum atomic E-state index is 13.6. The van der Waals surface area contributed by atoms with E-state index in [4.69, 9.17) is 4.52 Å². The first kappa shape index (κ1) is 18.8. The fourth-order valence-corrected chi connectivity index (χ4v) is 3.29. The lowest BCUT2D eigenvalue weighted by Crippen LogP contribution is -2.33. The van der Waals surface area contributed by atoms with Gasteiger partial charge in [-0.1, -0.05) is 17.3 Å². The molecule has 3 rings (SSSR count). The highest BCUT2D eigenvalue weighted by atomic mass is 19.1. The van der Waals surface area contributed by atoms with Gasteiger partial charge in [-0.15, -0.1) is 0 Å². The molecule has 0 bridgehead atoms. The van der Waals surface area contributed by atoms with Gasteiger partial charge >= 0.3 is 0 Å². The van der Waals surface area contributed by atoms with Crippen molar-refractivity contribution in [2.75, 3.05) is 13.7 Å². The van der Waals surface area contributed by atoms with E-state index in [1.54, 1.807) is 38.2 Å². The van der Waals surface area contributed by atoms with E-state index in [0.29, 0.717) is 28.4 Å². The average Bonchev–Trinajstić information content (AvgIpc) is 3.17. The summed E-state index contributed by atoms with van der Waals surface area (Å²) in [5.41, 5.74) is 2.58. The summed E-state index contributed by atoms with van der Waals surface area (Å²) in [4.78, 5) is 14.5. The lowest BCUT2D eigenvalue weighted by molar-refractivity contribution is 0.0657. The number of carbonyl (C=O) groups excluding carboxylic acids is 1. The van der Waals surface area contributed by atoms with Crippen LogP contribution in [-0.2, 0) is 0 Å². The van der Waals surface area contributed by atoms with Crippen molar-refractivity contribution in [3.63, 3.8) is 0 Å². The molecule has 6 nitrogen and oxygen atoms in total. The minimum absolute atomic E-state index is 0.266. The molecule has 1 unspecified atom stereocenters.